The average Bonchev–Trinajstić information content (AvgIpc) is 3.70. The van der Waals surface area contributed by atoms with Crippen molar-refractivity contribution < 1.29 is 27.9 Å². The summed E-state index contributed by atoms with van der Waals surface area (Å²) in [4.78, 5) is 40.6. The number of likely N-dealkylation sites (tertiary alicyclic amines) is 1. The molecular formula is C26H40N6O6S. The first-order valence-corrected chi connectivity index (χ1v) is 14.7. The zero-order chi connectivity index (χ0) is 29.0. The molecule has 1 aromatic rings. The van der Waals surface area contributed by atoms with Crippen LogP contribution >= 0.6 is 0 Å². The van der Waals surface area contributed by atoms with E-state index in [9.17, 15) is 27.9 Å². The van der Waals surface area contributed by atoms with E-state index in [-0.39, 0.29) is 34.8 Å². The molecule has 2 atom stereocenters. The summed E-state index contributed by atoms with van der Waals surface area (Å²) < 4.78 is 28.9. The Bertz CT molecular complexity index is 1180. The number of carboxylic acids is 1. The number of carbonyl (C=O) groups excluding carboxylic acids is 2. The molecule has 1 saturated heterocycles. The molecule has 12 nitrogen and oxygen atoms in total. The van der Waals surface area contributed by atoms with Crippen LogP contribution in [0.2, 0.25) is 0 Å². The third kappa shape index (κ3) is 8.65. The molecule has 3 rings (SSSR count). The number of benzene rings is 1. The Morgan fingerprint density at radius 1 is 1.18 bits per heavy atom. The lowest BCUT2D eigenvalue weighted by molar-refractivity contribution is -0.146. The van der Waals surface area contributed by atoms with Gasteiger partial charge in [-0.15, -0.1) is 0 Å². The second kappa shape index (κ2) is 12.3. The van der Waals surface area contributed by atoms with Crippen molar-refractivity contribution >= 4 is 33.8 Å². The summed E-state index contributed by atoms with van der Waals surface area (Å²) in [6, 6.07) is 4.53. The quantitative estimate of drug-likeness (QED) is 0.193. The zero-order valence-electron chi connectivity index (χ0n) is 22.8. The predicted molar refractivity (Wildman–Crippen MR) is 145 cm³/mol. The number of nitrogens with two attached hydrogens (primary N) is 1. The van der Waals surface area contributed by atoms with E-state index in [1.807, 2.05) is 20.8 Å². The molecule has 2 fully saturated rings. The number of rotatable bonds is 11. The molecule has 39 heavy (non-hydrogen) atoms. The monoisotopic (exact) mass is 564 g/mol. The van der Waals surface area contributed by atoms with Gasteiger partial charge in [0.1, 0.15) is 12.6 Å². The van der Waals surface area contributed by atoms with Gasteiger partial charge in [-0.2, -0.15) is 4.72 Å². The van der Waals surface area contributed by atoms with Gasteiger partial charge < -0.3 is 26.0 Å². The minimum Gasteiger partial charge on any atom is -0.480 e. The first-order chi connectivity index (χ1) is 18.2. The Kier molecular flexibility index (Phi) is 9.60. The van der Waals surface area contributed by atoms with Gasteiger partial charge in [-0.1, -0.05) is 32.9 Å². The van der Waals surface area contributed by atoms with Crippen LogP contribution < -0.4 is 15.8 Å². The van der Waals surface area contributed by atoms with E-state index in [0.29, 0.717) is 25.9 Å². The first-order valence-electron chi connectivity index (χ1n) is 13.2. The summed E-state index contributed by atoms with van der Waals surface area (Å²) in [7, 11) is -4.20. The Hall–Kier alpha value is -3.19. The summed E-state index contributed by atoms with van der Waals surface area (Å²) >= 11 is 0. The van der Waals surface area contributed by atoms with Crippen molar-refractivity contribution in [3.8, 4) is 0 Å². The molecule has 6 N–H and O–H groups in total. The number of hydrogen-bond acceptors (Lipinski definition) is 6. The minimum absolute atomic E-state index is 0.0276. The maximum atomic E-state index is 13.4. The minimum atomic E-state index is -4.20. The van der Waals surface area contributed by atoms with Gasteiger partial charge in [0.2, 0.25) is 21.8 Å². The molecule has 1 heterocycles. The Balaban J connectivity index is 1.75. The Morgan fingerprint density at radius 2 is 1.82 bits per heavy atom. The molecule has 1 aliphatic heterocycles. The predicted octanol–water partition coefficient (Wildman–Crippen LogP) is 0.818. The van der Waals surface area contributed by atoms with Crippen molar-refractivity contribution in [2.45, 2.75) is 75.3 Å². The third-order valence-corrected chi connectivity index (χ3v) is 8.53. The van der Waals surface area contributed by atoms with E-state index >= 15 is 0 Å². The van der Waals surface area contributed by atoms with Gasteiger partial charge in [-0.05, 0) is 54.7 Å². The van der Waals surface area contributed by atoms with Crippen LogP contribution in [-0.4, -0.2) is 85.3 Å². The highest BCUT2D eigenvalue weighted by Gasteiger charge is 2.39. The molecule has 0 spiro atoms. The van der Waals surface area contributed by atoms with Gasteiger partial charge in [-0.25, -0.2) is 8.42 Å². The van der Waals surface area contributed by atoms with Crippen LogP contribution in [0.1, 0.15) is 58.4 Å². The molecule has 0 aromatic heterocycles. The van der Waals surface area contributed by atoms with Crippen LogP contribution in [0.25, 0.3) is 0 Å². The molecule has 2 aliphatic rings. The van der Waals surface area contributed by atoms with Crippen molar-refractivity contribution in [2.75, 3.05) is 26.2 Å². The molecule has 0 bridgehead atoms. The highest BCUT2D eigenvalue weighted by Crippen LogP contribution is 2.28. The fourth-order valence-electron chi connectivity index (χ4n) is 4.65. The number of nitrogens with one attached hydrogen (secondary N) is 3. The van der Waals surface area contributed by atoms with E-state index in [0.717, 1.165) is 23.3 Å². The van der Waals surface area contributed by atoms with Crippen molar-refractivity contribution in [1.82, 2.24) is 19.8 Å². The van der Waals surface area contributed by atoms with Gasteiger partial charge in [0.25, 0.3) is 0 Å². The van der Waals surface area contributed by atoms with Gasteiger partial charge in [-0.3, -0.25) is 19.8 Å². The lowest BCUT2D eigenvalue weighted by atomic mass is 9.87. The van der Waals surface area contributed by atoms with Crippen LogP contribution in [0.4, 0.5) is 0 Å². The number of nitrogens with zero attached hydrogens (tertiary/aromatic N) is 2. The maximum absolute atomic E-state index is 13.4. The van der Waals surface area contributed by atoms with Gasteiger partial charge in [0.05, 0.1) is 11.3 Å². The van der Waals surface area contributed by atoms with Gasteiger partial charge in [0.15, 0.2) is 5.96 Å². The topological polar surface area (TPSA) is 186 Å². The van der Waals surface area contributed by atoms with E-state index in [4.69, 9.17) is 11.1 Å². The van der Waals surface area contributed by atoms with Gasteiger partial charge >= 0.3 is 5.97 Å². The van der Waals surface area contributed by atoms with Crippen LogP contribution in [0, 0.1) is 11.3 Å². The molecule has 1 aliphatic carbocycles. The summed E-state index contributed by atoms with van der Waals surface area (Å²) in [5.41, 5.74) is 6.33. The lowest BCUT2D eigenvalue weighted by Gasteiger charge is -2.33. The number of amides is 2. The highest BCUT2D eigenvalue weighted by atomic mass is 32.2. The zero-order valence-corrected chi connectivity index (χ0v) is 23.6. The van der Waals surface area contributed by atoms with Crippen molar-refractivity contribution in [2.24, 2.45) is 11.7 Å². The summed E-state index contributed by atoms with van der Waals surface area (Å²) in [5.74, 6) is -2.48. The number of carboxylic acid groups (broad SMARTS) is 1. The van der Waals surface area contributed by atoms with Crippen molar-refractivity contribution in [3.05, 3.63) is 29.8 Å². The van der Waals surface area contributed by atoms with Gasteiger partial charge in [0, 0.05) is 25.7 Å². The molecule has 0 radical (unpaired) electrons. The molecule has 2 amide bonds. The smallest absolute Gasteiger partial charge is 0.323 e. The summed E-state index contributed by atoms with van der Waals surface area (Å²) in [6.45, 7) is 6.91. The van der Waals surface area contributed by atoms with Crippen LogP contribution in [-0.2, 0) is 29.8 Å². The molecule has 13 heteroatoms. The number of guanidine groups is 1. The number of carbonyl (C=O) groups is 3. The van der Waals surface area contributed by atoms with E-state index < -0.39 is 46.8 Å². The van der Waals surface area contributed by atoms with Crippen molar-refractivity contribution in [3.63, 3.8) is 0 Å². The van der Waals surface area contributed by atoms with E-state index in [1.54, 1.807) is 17.0 Å². The fourth-order valence-corrected chi connectivity index (χ4v) is 5.84. The Labute approximate surface area is 229 Å². The second-order valence-corrected chi connectivity index (χ2v) is 13.1. The lowest BCUT2D eigenvalue weighted by Crippen LogP contribution is -2.52. The summed E-state index contributed by atoms with van der Waals surface area (Å²) in [6.07, 6.45) is 2.41. The SMILES string of the molecule is CC(C)(C)c1ccc(S(=O)(=O)N[C@@H](CC(=O)NC[C@@H]2CCCN(C(=N)N)C2)C(=O)N(CC(=O)O)C2CC2)cc1. The van der Waals surface area contributed by atoms with Crippen LogP contribution in [0.5, 0.6) is 0 Å². The average molecular weight is 565 g/mol. The van der Waals surface area contributed by atoms with E-state index in [2.05, 4.69) is 10.0 Å². The summed E-state index contributed by atoms with van der Waals surface area (Å²) in [5, 5.41) is 19.7. The largest absolute Gasteiger partial charge is 0.480 e. The second-order valence-electron chi connectivity index (χ2n) is 11.4. The first kappa shape index (κ1) is 30.4. The number of sulfonamides is 1. The normalized spacial score (nSPS) is 18.7. The third-order valence-electron chi connectivity index (χ3n) is 7.04. The van der Waals surface area contributed by atoms with Crippen LogP contribution in [0.3, 0.4) is 0 Å². The maximum Gasteiger partial charge on any atom is 0.323 e. The molecule has 1 aromatic carbocycles. The standard InChI is InChI=1S/C26H40N6O6S/c1-26(2,3)18-6-10-20(11-7-18)39(37,38)30-21(24(36)32(16-23(34)35)19-8-9-19)13-22(33)29-14-17-5-4-12-31(15-17)25(27)28/h6-7,10-11,17,19,21,30H,4-5,8-9,12-16H2,1-3H3,(H3,27,28)(H,29,33)(H,34,35)/t17-,21-/m0/s1. The van der Waals surface area contributed by atoms with Crippen molar-refractivity contribution in [1.29, 1.82) is 5.41 Å². The number of piperidine rings is 1. The molecule has 1 saturated carbocycles. The number of hydrogen-bond donors (Lipinski definition) is 5. The number of aliphatic carboxylic acids is 1. The fraction of sp³-hybridized carbons (Fsp3) is 0.615. The van der Waals surface area contributed by atoms with E-state index in [1.165, 1.54) is 12.1 Å². The molecule has 0 unspecified atom stereocenters. The Morgan fingerprint density at radius 3 is 2.36 bits per heavy atom. The molecule has 216 valence electrons. The van der Waals surface area contributed by atoms with Crippen LogP contribution in [0.15, 0.2) is 29.2 Å². The highest BCUT2D eigenvalue weighted by molar-refractivity contribution is 7.89. The molecular weight excluding hydrogens is 524 g/mol.